The molecule has 3 nitrogen and oxygen atoms in total. The second kappa shape index (κ2) is 8.59. The third kappa shape index (κ3) is 4.77. The summed E-state index contributed by atoms with van der Waals surface area (Å²) in [6, 6.07) is 5.35. The van der Waals surface area contributed by atoms with E-state index in [4.69, 9.17) is 34.8 Å². The normalized spacial score (nSPS) is 11.4. The van der Waals surface area contributed by atoms with Gasteiger partial charge in [-0.15, -0.1) is 0 Å². The van der Waals surface area contributed by atoms with E-state index < -0.39 is 0 Å². The minimum Gasteiger partial charge on any atom is -1.00 e. The fourth-order valence-corrected chi connectivity index (χ4v) is 3.42. The van der Waals surface area contributed by atoms with Gasteiger partial charge in [0.05, 0.1) is 30.9 Å². The SMILES string of the molecule is CC[N+](CC)(CC)Cn1cc(Cl)c(-c2cc(Cl)cc(Cl)c2)n1.[Cl-]. The van der Waals surface area contributed by atoms with Crippen LogP contribution in [-0.2, 0) is 6.67 Å². The summed E-state index contributed by atoms with van der Waals surface area (Å²) in [5.41, 5.74) is 1.55. The molecule has 0 N–H and O–H groups in total. The minimum absolute atomic E-state index is 0. The van der Waals surface area contributed by atoms with Gasteiger partial charge in [-0.25, -0.2) is 4.68 Å². The van der Waals surface area contributed by atoms with Gasteiger partial charge in [-0.1, -0.05) is 34.8 Å². The number of halogens is 4. The molecule has 23 heavy (non-hydrogen) atoms. The van der Waals surface area contributed by atoms with E-state index in [1.165, 1.54) is 0 Å². The second-order valence-electron chi connectivity index (χ2n) is 5.45. The standard InChI is InChI=1S/C16H21Cl3N3.ClH/c1-4-22(5-2,6-3)11-21-10-15(19)16(20-21)12-7-13(17)9-14(18)8-12;/h7-10H,4-6,11H2,1-3H3;1H/q+1;/p-1. The lowest BCUT2D eigenvalue weighted by Gasteiger charge is -2.35. The van der Waals surface area contributed by atoms with Crippen molar-refractivity contribution in [3.05, 3.63) is 39.5 Å². The van der Waals surface area contributed by atoms with Crippen LogP contribution in [0.15, 0.2) is 24.4 Å². The summed E-state index contributed by atoms with van der Waals surface area (Å²) >= 11 is 18.5. The molecule has 0 amide bonds. The van der Waals surface area contributed by atoms with Crippen LogP contribution in [-0.4, -0.2) is 33.9 Å². The molecule has 1 heterocycles. The van der Waals surface area contributed by atoms with E-state index in [-0.39, 0.29) is 12.4 Å². The molecular formula is C16H21Cl4N3. The van der Waals surface area contributed by atoms with Crippen LogP contribution in [0.4, 0.5) is 0 Å². The van der Waals surface area contributed by atoms with Gasteiger partial charge in [-0.2, -0.15) is 5.10 Å². The number of rotatable bonds is 6. The van der Waals surface area contributed by atoms with Gasteiger partial charge in [0.15, 0.2) is 6.67 Å². The molecule has 0 unspecified atom stereocenters. The third-order valence-electron chi connectivity index (χ3n) is 4.31. The molecule has 0 aliphatic rings. The van der Waals surface area contributed by atoms with Gasteiger partial charge in [0.2, 0.25) is 0 Å². The average Bonchev–Trinajstić information content (AvgIpc) is 2.84. The van der Waals surface area contributed by atoms with Gasteiger partial charge in [-0.3, -0.25) is 0 Å². The molecule has 0 atom stereocenters. The molecule has 1 aromatic carbocycles. The molecule has 7 heteroatoms. The minimum atomic E-state index is 0. The molecule has 0 saturated carbocycles. The zero-order chi connectivity index (χ0) is 16.3. The predicted molar refractivity (Wildman–Crippen MR) is 94.6 cm³/mol. The molecule has 0 fully saturated rings. The van der Waals surface area contributed by atoms with E-state index in [0.29, 0.717) is 20.8 Å². The highest BCUT2D eigenvalue weighted by Crippen LogP contribution is 2.31. The highest BCUT2D eigenvalue weighted by molar-refractivity contribution is 6.36. The molecule has 0 bridgehead atoms. The van der Waals surface area contributed by atoms with Crippen molar-refractivity contribution < 1.29 is 16.9 Å². The van der Waals surface area contributed by atoms with Crippen molar-refractivity contribution in [2.45, 2.75) is 27.4 Å². The van der Waals surface area contributed by atoms with Crippen molar-refractivity contribution in [3.63, 3.8) is 0 Å². The molecule has 0 radical (unpaired) electrons. The molecule has 2 aromatic rings. The summed E-state index contributed by atoms with van der Waals surface area (Å²) in [6.07, 6.45) is 1.87. The number of aromatic nitrogens is 2. The van der Waals surface area contributed by atoms with E-state index >= 15 is 0 Å². The monoisotopic (exact) mass is 395 g/mol. The van der Waals surface area contributed by atoms with Gasteiger partial charge in [-0.05, 0) is 39.0 Å². The molecule has 2 rings (SSSR count). The molecule has 0 aliphatic heterocycles. The van der Waals surface area contributed by atoms with Crippen LogP contribution < -0.4 is 12.4 Å². The van der Waals surface area contributed by atoms with Gasteiger partial charge >= 0.3 is 0 Å². The van der Waals surface area contributed by atoms with E-state index in [2.05, 4.69) is 25.9 Å². The van der Waals surface area contributed by atoms with E-state index in [1.54, 1.807) is 6.07 Å². The number of hydrogen-bond donors (Lipinski definition) is 0. The van der Waals surface area contributed by atoms with Crippen molar-refractivity contribution in [2.75, 3.05) is 19.6 Å². The fourth-order valence-electron chi connectivity index (χ4n) is 2.63. The molecular weight excluding hydrogens is 376 g/mol. The Labute approximate surface area is 159 Å². The van der Waals surface area contributed by atoms with Crippen LogP contribution in [0.1, 0.15) is 20.8 Å². The zero-order valence-corrected chi connectivity index (χ0v) is 16.5. The number of hydrogen-bond acceptors (Lipinski definition) is 1. The van der Waals surface area contributed by atoms with Crippen LogP contribution in [0, 0.1) is 0 Å². The number of quaternary nitrogens is 1. The Bertz CT molecular complexity index is 622. The predicted octanol–water partition coefficient (Wildman–Crippen LogP) is 2.35. The highest BCUT2D eigenvalue weighted by atomic mass is 35.5. The molecule has 128 valence electrons. The summed E-state index contributed by atoms with van der Waals surface area (Å²) in [4.78, 5) is 0. The highest BCUT2D eigenvalue weighted by Gasteiger charge is 2.23. The topological polar surface area (TPSA) is 17.8 Å². The van der Waals surface area contributed by atoms with E-state index in [9.17, 15) is 0 Å². The summed E-state index contributed by atoms with van der Waals surface area (Å²) < 4.78 is 2.89. The second-order valence-corrected chi connectivity index (χ2v) is 6.74. The third-order valence-corrected chi connectivity index (χ3v) is 5.02. The van der Waals surface area contributed by atoms with Gasteiger partial charge in [0, 0.05) is 15.6 Å². The van der Waals surface area contributed by atoms with Gasteiger partial charge in [0.25, 0.3) is 0 Å². The smallest absolute Gasteiger partial charge is 0.174 e. The van der Waals surface area contributed by atoms with Gasteiger partial charge in [0.1, 0.15) is 5.69 Å². The molecule has 0 saturated heterocycles. The summed E-state index contributed by atoms with van der Waals surface area (Å²) in [5.74, 6) is 0. The maximum absolute atomic E-state index is 6.37. The quantitative estimate of drug-likeness (QED) is 0.685. The Morgan fingerprint density at radius 1 is 0.957 bits per heavy atom. The molecule has 0 aliphatic carbocycles. The van der Waals surface area contributed by atoms with Gasteiger partial charge < -0.3 is 16.9 Å². The van der Waals surface area contributed by atoms with Crippen LogP contribution in [0.5, 0.6) is 0 Å². The molecule has 0 spiro atoms. The van der Waals surface area contributed by atoms with Crippen molar-refractivity contribution in [2.24, 2.45) is 0 Å². The first-order valence-corrected chi connectivity index (χ1v) is 8.61. The number of nitrogens with zero attached hydrogens (tertiary/aromatic N) is 3. The summed E-state index contributed by atoms with van der Waals surface area (Å²) in [5, 5.41) is 6.41. The van der Waals surface area contributed by atoms with Crippen molar-refractivity contribution >= 4 is 34.8 Å². The Morgan fingerprint density at radius 2 is 1.48 bits per heavy atom. The maximum Gasteiger partial charge on any atom is 0.174 e. The van der Waals surface area contributed by atoms with Crippen LogP contribution in [0.25, 0.3) is 11.3 Å². The first-order chi connectivity index (χ1) is 10.4. The average molecular weight is 397 g/mol. The van der Waals surface area contributed by atoms with Crippen molar-refractivity contribution in [1.82, 2.24) is 9.78 Å². The number of benzene rings is 1. The zero-order valence-electron chi connectivity index (χ0n) is 13.5. The van der Waals surface area contributed by atoms with Crippen LogP contribution in [0.2, 0.25) is 15.1 Å². The largest absolute Gasteiger partial charge is 1.00 e. The lowest BCUT2D eigenvalue weighted by Crippen LogP contribution is -3.00. The summed E-state index contributed by atoms with van der Waals surface area (Å²) in [6.45, 7) is 10.6. The van der Waals surface area contributed by atoms with Crippen molar-refractivity contribution in [1.29, 1.82) is 0 Å². The van der Waals surface area contributed by atoms with E-state index in [0.717, 1.165) is 36.3 Å². The Hall–Kier alpha value is -0.450. The first kappa shape index (κ1) is 20.6. The lowest BCUT2D eigenvalue weighted by atomic mass is 10.1. The Kier molecular flexibility index (Phi) is 7.69. The van der Waals surface area contributed by atoms with E-state index in [1.807, 2.05) is 23.0 Å². The lowest BCUT2D eigenvalue weighted by molar-refractivity contribution is -0.944. The maximum atomic E-state index is 6.37. The Morgan fingerprint density at radius 3 is 1.96 bits per heavy atom. The molecule has 1 aromatic heterocycles. The fraction of sp³-hybridized carbons (Fsp3) is 0.438. The van der Waals surface area contributed by atoms with Crippen LogP contribution in [0.3, 0.4) is 0 Å². The summed E-state index contributed by atoms with van der Waals surface area (Å²) in [7, 11) is 0. The van der Waals surface area contributed by atoms with Crippen LogP contribution >= 0.6 is 34.8 Å². The Balaban J connectivity index is 0.00000264. The first-order valence-electron chi connectivity index (χ1n) is 7.47. The van der Waals surface area contributed by atoms with Crippen molar-refractivity contribution in [3.8, 4) is 11.3 Å².